The maximum atomic E-state index is 11.4. The van der Waals surface area contributed by atoms with Gasteiger partial charge in [-0.3, -0.25) is 0 Å². The molecule has 0 aliphatic carbocycles. The van der Waals surface area contributed by atoms with Crippen LogP contribution in [0.3, 0.4) is 0 Å². The van der Waals surface area contributed by atoms with Crippen molar-refractivity contribution in [2.24, 2.45) is 0 Å². The summed E-state index contributed by atoms with van der Waals surface area (Å²) < 4.78 is 5.39. The Labute approximate surface area is 116 Å². The molecule has 2 aromatic rings. The molecule has 1 atom stereocenters. The number of rotatable bonds is 3. The molecule has 1 saturated heterocycles. The van der Waals surface area contributed by atoms with Gasteiger partial charge in [0.1, 0.15) is 0 Å². The lowest BCUT2D eigenvalue weighted by molar-refractivity contribution is 0.0690. The van der Waals surface area contributed by atoms with E-state index in [1.807, 2.05) is 36.2 Å². The highest BCUT2D eigenvalue weighted by Crippen LogP contribution is 2.30. The maximum absolute atomic E-state index is 11.4. The first kappa shape index (κ1) is 12.8. The van der Waals surface area contributed by atoms with Gasteiger partial charge in [0.25, 0.3) is 0 Å². The van der Waals surface area contributed by atoms with E-state index in [9.17, 15) is 9.90 Å². The van der Waals surface area contributed by atoms with Crippen LogP contribution in [-0.2, 0) is 4.74 Å². The Morgan fingerprint density at radius 1 is 1.40 bits per heavy atom. The molecule has 1 N–H and O–H groups in total. The first-order chi connectivity index (χ1) is 9.68. The second kappa shape index (κ2) is 5.05. The third-order valence-electron chi connectivity index (χ3n) is 3.65. The average molecular weight is 273 g/mol. The van der Waals surface area contributed by atoms with Gasteiger partial charge in [0, 0.05) is 19.0 Å². The molecule has 0 bridgehead atoms. The summed E-state index contributed by atoms with van der Waals surface area (Å²) >= 11 is 0. The van der Waals surface area contributed by atoms with Crippen LogP contribution < -0.4 is 4.90 Å². The third kappa shape index (κ3) is 2.08. The molecule has 1 aliphatic rings. The number of hydrogen-bond donors (Lipinski definition) is 1. The van der Waals surface area contributed by atoms with Crippen molar-refractivity contribution in [2.75, 3.05) is 25.2 Å². The lowest BCUT2D eigenvalue weighted by atomic mass is 10.1. The zero-order valence-electron chi connectivity index (χ0n) is 11.1. The van der Waals surface area contributed by atoms with Crippen molar-refractivity contribution in [2.45, 2.75) is 12.5 Å². The molecule has 3 rings (SSSR count). The van der Waals surface area contributed by atoms with Gasteiger partial charge in [0.05, 0.1) is 23.9 Å². The Bertz CT molecular complexity index is 653. The number of carbonyl (C=O) groups is 1. The van der Waals surface area contributed by atoms with Gasteiger partial charge in [-0.25, -0.2) is 4.79 Å². The zero-order valence-corrected chi connectivity index (χ0v) is 11.1. The quantitative estimate of drug-likeness (QED) is 0.914. The second-order valence-corrected chi connectivity index (χ2v) is 4.85. The van der Waals surface area contributed by atoms with Crippen LogP contribution in [0, 0.1) is 0 Å². The van der Waals surface area contributed by atoms with Crippen LogP contribution in [0.15, 0.2) is 24.3 Å². The van der Waals surface area contributed by atoms with Gasteiger partial charge >= 0.3 is 5.97 Å². The number of benzene rings is 1. The molecule has 0 spiro atoms. The van der Waals surface area contributed by atoms with Crippen molar-refractivity contribution in [3.63, 3.8) is 0 Å². The zero-order chi connectivity index (χ0) is 14.1. The number of fused-ring (bicyclic) bond motifs is 1. The van der Waals surface area contributed by atoms with Crippen molar-refractivity contribution in [1.82, 2.24) is 10.2 Å². The van der Waals surface area contributed by atoms with Crippen molar-refractivity contribution in [1.29, 1.82) is 0 Å². The molecule has 2 heterocycles. The smallest absolute Gasteiger partial charge is 0.358 e. The van der Waals surface area contributed by atoms with Crippen LogP contribution in [0.2, 0.25) is 0 Å². The van der Waals surface area contributed by atoms with Gasteiger partial charge < -0.3 is 14.7 Å². The van der Waals surface area contributed by atoms with Crippen LogP contribution in [0.25, 0.3) is 10.9 Å². The molecule has 6 heteroatoms. The molecule has 0 saturated carbocycles. The van der Waals surface area contributed by atoms with E-state index in [1.165, 1.54) is 0 Å². The first-order valence-corrected chi connectivity index (χ1v) is 6.48. The van der Waals surface area contributed by atoms with Gasteiger partial charge in [0.2, 0.25) is 0 Å². The highest BCUT2D eigenvalue weighted by Gasteiger charge is 2.27. The Balaban J connectivity index is 2.18. The molecule has 0 amide bonds. The number of hydrogen-bond acceptors (Lipinski definition) is 5. The summed E-state index contributed by atoms with van der Waals surface area (Å²) in [4.78, 5) is 13.4. The minimum absolute atomic E-state index is 0.0156. The minimum atomic E-state index is -1.07. The van der Waals surface area contributed by atoms with E-state index in [1.54, 1.807) is 0 Å². The Kier molecular flexibility index (Phi) is 3.23. The van der Waals surface area contributed by atoms with E-state index in [0.717, 1.165) is 11.8 Å². The van der Waals surface area contributed by atoms with Crippen LogP contribution in [-0.4, -0.2) is 47.6 Å². The summed E-state index contributed by atoms with van der Waals surface area (Å²) in [6, 6.07) is 7.60. The highest BCUT2D eigenvalue weighted by molar-refractivity contribution is 6.02. The van der Waals surface area contributed by atoms with Crippen molar-refractivity contribution in [3.05, 3.63) is 30.0 Å². The molecule has 1 aromatic carbocycles. The number of aromatic nitrogens is 2. The van der Waals surface area contributed by atoms with E-state index in [-0.39, 0.29) is 11.7 Å². The summed E-state index contributed by atoms with van der Waals surface area (Å²) in [6.07, 6.45) is 0.881. The second-order valence-electron chi connectivity index (χ2n) is 4.85. The van der Waals surface area contributed by atoms with Crippen LogP contribution in [0.5, 0.6) is 0 Å². The fraction of sp³-hybridized carbons (Fsp3) is 0.357. The van der Waals surface area contributed by atoms with Gasteiger partial charge in [-0.2, -0.15) is 0 Å². The summed E-state index contributed by atoms with van der Waals surface area (Å²) in [5.41, 5.74) is 1.29. The standard InChI is InChI=1S/C14H15N3O3/c1-17(9-6-7-20-8-9)13-10-4-2-3-5-11(10)15-16-12(13)14(18)19/h2-5,9H,6-8H2,1H3,(H,18,19). The largest absolute Gasteiger partial charge is 0.476 e. The number of likely N-dealkylation sites (N-methyl/N-ethyl adjacent to an activating group) is 1. The molecule has 20 heavy (non-hydrogen) atoms. The fourth-order valence-electron chi connectivity index (χ4n) is 2.55. The number of anilines is 1. The summed E-state index contributed by atoms with van der Waals surface area (Å²) in [5, 5.41) is 18.0. The lowest BCUT2D eigenvalue weighted by Gasteiger charge is -2.27. The van der Waals surface area contributed by atoms with E-state index in [0.29, 0.717) is 24.4 Å². The molecule has 1 unspecified atom stereocenters. The Morgan fingerprint density at radius 2 is 2.20 bits per heavy atom. The van der Waals surface area contributed by atoms with Crippen molar-refractivity contribution >= 4 is 22.6 Å². The average Bonchev–Trinajstić information content (AvgIpc) is 2.99. The Morgan fingerprint density at radius 3 is 2.90 bits per heavy atom. The lowest BCUT2D eigenvalue weighted by Crippen LogP contribution is -2.33. The van der Waals surface area contributed by atoms with E-state index in [2.05, 4.69) is 10.2 Å². The molecule has 1 aromatic heterocycles. The molecular formula is C14H15N3O3. The van der Waals surface area contributed by atoms with Gasteiger partial charge in [-0.15, -0.1) is 10.2 Å². The molecule has 1 fully saturated rings. The predicted molar refractivity (Wildman–Crippen MR) is 74.1 cm³/mol. The van der Waals surface area contributed by atoms with E-state index < -0.39 is 5.97 Å². The molecular weight excluding hydrogens is 258 g/mol. The van der Waals surface area contributed by atoms with Crippen molar-refractivity contribution in [3.8, 4) is 0 Å². The van der Waals surface area contributed by atoms with Crippen LogP contribution >= 0.6 is 0 Å². The van der Waals surface area contributed by atoms with E-state index >= 15 is 0 Å². The third-order valence-corrected chi connectivity index (χ3v) is 3.65. The first-order valence-electron chi connectivity index (χ1n) is 6.48. The topological polar surface area (TPSA) is 75.6 Å². The number of nitrogens with zero attached hydrogens (tertiary/aromatic N) is 3. The number of carboxylic acids is 1. The predicted octanol–water partition coefficient (Wildman–Crippen LogP) is 1.55. The van der Waals surface area contributed by atoms with Crippen LogP contribution in [0.4, 0.5) is 5.69 Å². The minimum Gasteiger partial charge on any atom is -0.476 e. The summed E-state index contributed by atoms with van der Waals surface area (Å²) in [7, 11) is 1.88. The van der Waals surface area contributed by atoms with Crippen molar-refractivity contribution < 1.29 is 14.6 Å². The number of aromatic carboxylic acids is 1. The monoisotopic (exact) mass is 273 g/mol. The van der Waals surface area contributed by atoms with Crippen LogP contribution in [0.1, 0.15) is 16.9 Å². The maximum Gasteiger partial charge on any atom is 0.358 e. The Hall–Kier alpha value is -2.21. The molecule has 104 valence electrons. The number of carboxylic acid groups (broad SMARTS) is 1. The number of ether oxygens (including phenoxy) is 1. The molecule has 0 radical (unpaired) electrons. The normalized spacial score (nSPS) is 18.4. The van der Waals surface area contributed by atoms with Gasteiger partial charge in [-0.1, -0.05) is 18.2 Å². The van der Waals surface area contributed by atoms with Gasteiger partial charge in [-0.05, 0) is 12.5 Å². The van der Waals surface area contributed by atoms with E-state index in [4.69, 9.17) is 4.74 Å². The SMILES string of the molecule is CN(c1c(C(=O)O)nnc2ccccc12)C1CCOC1. The highest BCUT2D eigenvalue weighted by atomic mass is 16.5. The summed E-state index contributed by atoms with van der Waals surface area (Å²) in [5.74, 6) is -1.07. The summed E-state index contributed by atoms with van der Waals surface area (Å²) in [6.45, 7) is 1.31. The fourth-order valence-corrected chi connectivity index (χ4v) is 2.55. The van der Waals surface area contributed by atoms with Gasteiger partial charge in [0.15, 0.2) is 5.69 Å². The molecule has 1 aliphatic heterocycles. The molecule has 6 nitrogen and oxygen atoms in total.